The van der Waals surface area contributed by atoms with Crippen molar-refractivity contribution in [2.24, 2.45) is 0 Å². The van der Waals surface area contributed by atoms with Gasteiger partial charge in [0.05, 0.1) is 19.0 Å². The van der Waals surface area contributed by atoms with Crippen LogP contribution in [-0.2, 0) is 6.42 Å². The molecule has 0 amide bonds. The van der Waals surface area contributed by atoms with Crippen LogP contribution in [0.1, 0.15) is 21.5 Å². The fourth-order valence-corrected chi connectivity index (χ4v) is 6.76. The second-order valence-electron chi connectivity index (χ2n) is 4.22. The third-order valence-electron chi connectivity index (χ3n) is 3.01. The number of alkyl halides is 1. The van der Waals surface area contributed by atoms with Gasteiger partial charge in [0.2, 0.25) is 0 Å². The van der Waals surface area contributed by atoms with Crippen LogP contribution in [0.2, 0.25) is 0 Å². The number of fused-ring (bicyclic) bond motifs is 1. The van der Waals surface area contributed by atoms with Crippen molar-refractivity contribution >= 4 is 75.1 Å². The normalized spacial score (nSPS) is 15.2. The molecular formula is C13H8Br4OS. The summed E-state index contributed by atoms with van der Waals surface area (Å²) >= 11 is 16.2. The minimum absolute atomic E-state index is 0.119. The maximum absolute atomic E-state index is 5.80. The minimum Gasteiger partial charge on any atom is -0.493 e. The van der Waals surface area contributed by atoms with Crippen LogP contribution in [-0.4, -0.2) is 6.61 Å². The first-order valence-electron chi connectivity index (χ1n) is 5.60. The fraction of sp³-hybridized carbons (Fsp3) is 0.231. The molecule has 2 heterocycles. The highest BCUT2D eigenvalue weighted by Crippen LogP contribution is 2.46. The van der Waals surface area contributed by atoms with E-state index in [9.17, 15) is 0 Å². The van der Waals surface area contributed by atoms with Crippen LogP contribution in [0.15, 0.2) is 30.2 Å². The quantitative estimate of drug-likeness (QED) is 0.405. The number of hydrogen-bond acceptors (Lipinski definition) is 2. The molecule has 1 unspecified atom stereocenters. The van der Waals surface area contributed by atoms with E-state index in [1.165, 1.54) is 16.7 Å². The zero-order valence-corrected chi connectivity index (χ0v) is 16.7. The van der Waals surface area contributed by atoms with Crippen molar-refractivity contribution in [1.82, 2.24) is 0 Å². The smallest absolute Gasteiger partial charge is 0.127 e. The van der Waals surface area contributed by atoms with E-state index in [-0.39, 0.29) is 4.83 Å². The lowest BCUT2D eigenvalue weighted by molar-refractivity contribution is 0.354. The molecular weight excluding hydrogens is 524 g/mol. The van der Waals surface area contributed by atoms with E-state index in [2.05, 4.69) is 81.9 Å². The Bertz CT molecular complexity index is 638. The van der Waals surface area contributed by atoms with Crippen molar-refractivity contribution in [2.45, 2.75) is 11.2 Å². The number of halogens is 4. The topological polar surface area (TPSA) is 9.23 Å². The Balaban J connectivity index is 2.09. The Morgan fingerprint density at radius 3 is 2.58 bits per heavy atom. The first-order chi connectivity index (χ1) is 9.06. The second kappa shape index (κ2) is 5.79. The minimum atomic E-state index is 0.119. The highest BCUT2D eigenvalue weighted by Gasteiger charge is 2.25. The van der Waals surface area contributed by atoms with Crippen LogP contribution in [0.3, 0.4) is 0 Å². The van der Waals surface area contributed by atoms with Crippen LogP contribution in [0, 0.1) is 0 Å². The molecule has 1 aliphatic heterocycles. The highest BCUT2D eigenvalue weighted by molar-refractivity contribution is 9.12. The number of thiophene rings is 1. The molecule has 1 aromatic heterocycles. The Hall–Kier alpha value is 0.640. The molecule has 19 heavy (non-hydrogen) atoms. The van der Waals surface area contributed by atoms with Crippen molar-refractivity contribution in [2.75, 3.05) is 6.61 Å². The van der Waals surface area contributed by atoms with Gasteiger partial charge in [-0.05, 0) is 61.2 Å². The summed E-state index contributed by atoms with van der Waals surface area (Å²) in [5, 5.41) is 0. The van der Waals surface area contributed by atoms with Crippen molar-refractivity contribution in [3.63, 3.8) is 0 Å². The van der Waals surface area contributed by atoms with E-state index in [0.717, 1.165) is 30.8 Å². The van der Waals surface area contributed by atoms with Gasteiger partial charge in [-0.3, -0.25) is 0 Å². The second-order valence-corrected chi connectivity index (χ2v) is 9.80. The van der Waals surface area contributed by atoms with Crippen molar-refractivity contribution in [3.05, 3.63) is 46.9 Å². The zero-order chi connectivity index (χ0) is 13.6. The summed E-state index contributed by atoms with van der Waals surface area (Å²) in [4.78, 5) is 0.119. The van der Waals surface area contributed by atoms with Gasteiger partial charge in [-0.25, -0.2) is 0 Å². The summed E-state index contributed by atoms with van der Waals surface area (Å²) in [5.74, 6) is 1.03. The molecule has 1 nitrogen and oxygen atoms in total. The van der Waals surface area contributed by atoms with Crippen LogP contribution in [0.5, 0.6) is 5.75 Å². The van der Waals surface area contributed by atoms with Gasteiger partial charge in [-0.15, -0.1) is 11.3 Å². The molecule has 0 saturated heterocycles. The fourth-order valence-electron chi connectivity index (χ4n) is 2.18. The lowest BCUT2D eigenvalue weighted by Crippen LogP contribution is -1.96. The molecule has 3 rings (SSSR count). The Kier molecular flexibility index (Phi) is 4.44. The van der Waals surface area contributed by atoms with Crippen LogP contribution in [0.4, 0.5) is 0 Å². The standard InChI is InChI=1S/C13H8Br4OS/c14-7-3-6-1-2-18-12(6)8(4-7)11(16)9-5-10(15)19-13(9)17/h3-5,11H,1-2H2. The number of benzene rings is 1. The molecule has 0 saturated carbocycles. The van der Waals surface area contributed by atoms with Crippen molar-refractivity contribution in [3.8, 4) is 5.75 Å². The zero-order valence-electron chi connectivity index (χ0n) is 9.55. The van der Waals surface area contributed by atoms with E-state index in [4.69, 9.17) is 4.74 Å². The van der Waals surface area contributed by atoms with Crippen LogP contribution >= 0.6 is 75.1 Å². The van der Waals surface area contributed by atoms with E-state index >= 15 is 0 Å². The summed E-state index contributed by atoms with van der Waals surface area (Å²) in [6, 6.07) is 6.40. The molecule has 0 aliphatic carbocycles. The SMILES string of the molecule is Brc1cc2c(c(C(Br)c3cc(Br)sc3Br)c1)OCC2. The van der Waals surface area contributed by atoms with Gasteiger partial charge < -0.3 is 4.74 Å². The van der Waals surface area contributed by atoms with Gasteiger partial charge in [0.1, 0.15) is 5.75 Å². The predicted molar refractivity (Wildman–Crippen MR) is 93.8 cm³/mol. The Morgan fingerprint density at radius 1 is 1.11 bits per heavy atom. The van der Waals surface area contributed by atoms with Crippen LogP contribution < -0.4 is 4.74 Å². The van der Waals surface area contributed by atoms with Gasteiger partial charge in [0.15, 0.2) is 0 Å². The Morgan fingerprint density at radius 2 is 1.89 bits per heavy atom. The average Bonchev–Trinajstić information content (AvgIpc) is 2.93. The van der Waals surface area contributed by atoms with E-state index in [1.807, 2.05) is 0 Å². The van der Waals surface area contributed by atoms with E-state index in [0.29, 0.717) is 0 Å². The predicted octanol–water partition coefficient (Wildman–Crippen LogP) is 6.45. The maximum Gasteiger partial charge on any atom is 0.127 e. The molecule has 100 valence electrons. The van der Waals surface area contributed by atoms with Gasteiger partial charge in [-0.1, -0.05) is 31.9 Å². The third-order valence-corrected chi connectivity index (χ3v) is 6.84. The van der Waals surface area contributed by atoms with Gasteiger partial charge in [-0.2, -0.15) is 0 Å². The first-order valence-corrected chi connectivity index (χ1v) is 9.71. The van der Waals surface area contributed by atoms with E-state index < -0.39 is 0 Å². The molecule has 1 aliphatic rings. The van der Waals surface area contributed by atoms with Gasteiger partial charge >= 0.3 is 0 Å². The van der Waals surface area contributed by atoms with E-state index in [1.54, 1.807) is 11.3 Å². The molecule has 0 N–H and O–H groups in total. The summed E-state index contributed by atoms with van der Waals surface area (Å²) in [6.07, 6.45) is 0.982. The lowest BCUT2D eigenvalue weighted by atomic mass is 10.0. The molecule has 1 atom stereocenters. The molecule has 0 fully saturated rings. The summed E-state index contributed by atoms with van der Waals surface area (Å²) in [5.41, 5.74) is 3.67. The molecule has 0 spiro atoms. The third kappa shape index (κ3) is 2.84. The maximum atomic E-state index is 5.80. The monoisotopic (exact) mass is 528 g/mol. The number of hydrogen-bond donors (Lipinski definition) is 0. The van der Waals surface area contributed by atoms with Gasteiger partial charge in [0.25, 0.3) is 0 Å². The molecule has 6 heteroatoms. The largest absolute Gasteiger partial charge is 0.493 e. The first kappa shape index (κ1) is 14.6. The van der Waals surface area contributed by atoms with Gasteiger partial charge in [0, 0.05) is 16.5 Å². The molecule has 0 bridgehead atoms. The number of ether oxygens (including phenoxy) is 1. The van der Waals surface area contributed by atoms with Crippen LogP contribution in [0.25, 0.3) is 0 Å². The summed E-state index contributed by atoms with van der Waals surface area (Å²) < 4.78 is 9.15. The highest BCUT2D eigenvalue weighted by atomic mass is 79.9. The van der Waals surface area contributed by atoms with Crippen molar-refractivity contribution < 1.29 is 4.74 Å². The average molecular weight is 532 g/mol. The lowest BCUT2D eigenvalue weighted by Gasteiger charge is -2.14. The molecule has 2 aromatic rings. The Labute approximate surface area is 149 Å². The molecule has 0 radical (unpaired) electrons. The van der Waals surface area contributed by atoms with Crippen molar-refractivity contribution in [1.29, 1.82) is 0 Å². The molecule has 1 aromatic carbocycles. The summed E-state index contributed by atoms with van der Waals surface area (Å²) in [6.45, 7) is 0.771. The summed E-state index contributed by atoms with van der Waals surface area (Å²) in [7, 11) is 0. The number of rotatable bonds is 2.